The summed E-state index contributed by atoms with van der Waals surface area (Å²) < 4.78 is 23.5. The molecular formula is C22H38N2O5. The van der Waals surface area contributed by atoms with Crippen molar-refractivity contribution in [3.8, 4) is 0 Å². The van der Waals surface area contributed by atoms with E-state index in [1.165, 1.54) is 5.57 Å². The quantitative estimate of drug-likeness (QED) is 0.309. The lowest BCUT2D eigenvalue weighted by Crippen LogP contribution is -2.53. The monoisotopic (exact) mass is 410 g/mol. The van der Waals surface area contributed by atoms with E-state index in [4.69, 9.17) is 24.7 Å². The smallest absolute Gasteiger partial charge is 0.407 e. The van der Waals surface area contributed by atoms with E-state index >= 15 is 0 Å². The van der Waals surface area contributed by atoms with Crippen molar-refractivity contribution in [2.24, 2.45) is 11.7 Å². The largest absolute Gasteiger partial charge is 0.443 e. The van der Waals surface area contributed by atoms with Crippen molar-refractivity contribution in [2.75, 3.05) is 26.8 Å². The second-order valence-electron chi connectivity index (χ2n) is 8.85. The molecule has 7 nitrogen and oxygen atoms in total. The number of allylic oxidation sites excluding steroid dienone is 1. The van der Waals surface area contributed by atoms with Crippen LogP contribution in [-0.2, 0) is 18.9 Å². The maximum Gasteiger partial charge on any atom is 0.407 e. The van der Waals surface area contributed by atoms with Gasteiger partial charge in [0.25, 0.3) is 0 Å². The van der Waals surface area contributed by atoms with Crippen LogP contribution in [0.5, 0.6) is 0 Å². The number of carbonyl (C=O) groups excluding carboxylic acids is 1. The summed E-state index contributed by atoms with van der Waals surface area (Å²) in [6.07, 6.45) is 8.36. The number of amides is 1. The molecule has 3 rings (SSSR count). The lowest BCUT2D eigenvalue weighted by atomic mass is 9.73. The molecule has 3 unspecified atom stereocenters. The van der Waals surface area contributed by atoms with Crippen LogP contribution in [0.1, 0.15) is 58.8 Å². The zero-order valence-electron chi connectivity index (χ0n) is 18.2. The third-order valence-electron chi connectivity index (χ3n) is 6.36. The molecule has 0 aromatic rings. The highest BCUT2D eigenvalue weighted by molar-refractivity contribution is 5.67. The molecule has 3 aliphatic rings. The lowest BCUT2D eigenvalue weighted by molar-refractivity contribution is -0.105. The van der Waals surface area contributed by atoms with E-state index in [0.29, 0.717) is 6.54 Å². The highest BCUT2D eigenvalue weighted by Crippen LogP contribution is 2.54. The van der Waals surface area contributed by atoms with E-state index in [-0.39, 0.29) is 42.0 Å². The van der Waals surface area contributed by atoms with Crippen molar-refractivity contribution >= 4 is 6.09 Å². The van der Waals surface area contributed by atoms with Gasteiger partial charge in [0.1, 0.15) is 12.2 Å². The number of rotatable bonds is 11. The van der Waals surface area contributed by atoms with Crippen LogP contribution in [0.15, 0.2) is 11.6 Å². The molecule has 1 saturated carbocycles. The van der Waals surface area contributed by atoms with Gasteiger partial charge in [-0.1, -0.05) is 24.5 Å². The summed E-state index contributed by atoms with van der Waals surface area (Å²) in [6.45, 7) is 6.29. The highest BCUT2D eigenvalue weighted by Gasteiger charge is 2.66. The van der Waals surface area contributed by atoms with Gasteiger partial charge in [-0.25, -0.2) is 4.79 Å². The first kappa shape index (κ1) is 22.5. The average Bonchev–Trinajstić information content (AvgIpc) is 3.61. The normalized spacial score (nSPS) is 35.2. The summed E-state index contributed by atoms with van der Waals surface area (Å²) in [5.41, 5.74) is 6.63. The molecule has 1 amide bonds. The Morgan fingerprint density at radius 2 is 2.03 bits per heavy atom. The van der Waals surface area contributed by atoms with Gasteiger partial charge in [0.2, 0.25) is 0 Å². The summed E-state index contributed by atoms with van der Waals surface area (Å²) >= 11 is 0. The summed E-state index contributed by atoms with van der Waals surface area (Å²) in [6, 6.07) is 0. The van der Waals surface area contributed by atoms with Crippen molar-refractivity contribution < 1.29 is 23.7 Å². The third kappa shape index (κ3) is 5.94. The second kappa shape index (κ2) is 10.2. The molecular weight excluding hydrogens is 372 g/mol. The topological polar surface area (TPSA) is 98.6 Å². The second-order valence-corrected chi connectivity index (χ2v) is 8.85. The van der Waals surface area contributed by atoms with Gasteiger partial charge < -0.3 is 30.0 Å². The Morgan fingerprint density at radius 1 is 1.28 bits per heavy atom. The van der Waals surface area contributed by atoms with Crippen LogP contribution in [0.4, 0.5) is 4.79 Å². The van der Waals surface area contributed by atoms with Crippen molar-refractivity contribution in [3.63, 3.8) is 0 Å². The van der Waals surface area contributed by atoms with Gasteiger partial charge in [-0.2, -0.15) is 0 Å². The van der Waals surface area contributed by atoms with Crippen LogP contribution >= 0.6 is 0 Å². The van der Waals surface area contributed by atoms with Crippen LogP contribution in [0.2, 0.25) is 0 Å². The van der Waals surface area contributed by atoms with Crippen LogP contribution < -0.4 is 11.1 Å². The number of carbonyl (C=O) groups is 1. The Morgan fingerprint density at radius 3 is 2.69 bits per heavy atom. The predicted octanol–water partition coefficient (Wildman–Crippen LogP) is 2.92. The van der Waals surface area contributed by atoms with Crippen LogP contribution in [0.25, 0.3) is 0 Å². The lowest BCUT2D eigenvalue weighted by Gasteiger charge is -2.40. The van der Waals surface area contributed by atoms with Crippen molar-refractivity contribution in [3.05, 3.63) is 11.6 Å². The highest BCUT2D eigenvalue weighted by atomic mass is 16.6. The fraction of sp³-hybridized carbons (Fsp3) is 0.864. The molecule has 6 atom stereocenters. The summed E-state index contributed by atoms with van der Waals surface area (Å²) in [5, 5.41) is 2.87. The van der Waals surface area contributed by atoms with Gasteiger partial charge in [0.05, 0.1) is 24.4 Å². The summed E-state index contributed by atoms with van der Waals surface area (Å²) in [5.74, 6) is 0.103. The zero-order valence-corrected chi connectivity index (χ0v) is 18.2. The van der Waals surface area contributed by atoms with Gasteiger partial charge in [-0.05, 0) is 52.5 Å². The minimum atomic E-state index is -0.361. The van der Waals surface area contributed by atoms with Gasteiger partial charge in [-0.3, -0.25) is 0 Å². The van der Waals surface area contributed by atoms with E-state index in [0.717, 1.165) is 58.1 Å². The number of nitrogens with two attached hydrogens (primary N) is 1. The maximum absolute atomic E-state index is 12.3. The first-order valence-electron chi connectivity index (χ1n) is 11.1. The maximum atomic E-state index is 12.3. The standard InChI is InChI=1S/C22H38N2O5/c1-15(2)8-9-16-20(28-16)18-19(26-3)17(10-11-22(18)14-27-22)29-21(25)24-13-7-5-4-6-12-23/h8,16-20H,4-7,9-14,23H2,1-3H3,(H,24,25)/t16-,17?,18?,19?,20+,22+/m1/s1. The number of unbranched alkanes of at least 4 members (excludes halogenated alkanes) is 3. The molecule has 2 saturated heterocycles. The first-order chi connectivity index (χ1) is 14.0. The van der Waals surface area contributed by atoms with Gasteiger partial charge in [-0.15, -0.1) is 0 Å². The number of hydrogen-bond acceptors (Lipinski definition) is 6. The van der Waals surface area contributed by atoms with E-state index in [2.05, 4.69) is 25.2 Å². The summed E-state index contributed by atoms with van der Waals surface area (Å²) in [7, 11) is 1.69. The molecule has 3 fully saturated rings. The Kier molecular flexibility index (Phi) is 7.96. The number of hydrogen-bond donors (Lipinski definition) is 2. The molecule has 0 aromatic heterocycles. The van der Waals surface area contributed by atoms with E-state index in [1.807, 2.05) is 0 Å². The number of nitrogens with one attached hydrogen (secondary N) is 1. The van der Waals surface area contributed by atoms with Gasteiger partial charge in [0.15, 0.2) is 0 Å². The van der Waals surface area contributed by atoms with E-state index < -0.39 is 0 Å². The molecule has 2 aliphatic heterocycles. The Labute approximate surface area is 174 Å². The summed E-state index contributed by atoms with van der Waals surface area (Å²) in [4.78, 5) is 12.3. The molecule has 29 heavy (non-hydrogen) atoms. The number of alkyl carbamates (subject to hydrolysis) is 1. The number of ether oxygens (including phenoxy) is 4. The van der Waals surface area contributed by atoms with Crippen LogP contribution in [0.3, 0.4) is 0 Å². The fourth-order valence-corrected chi connectivity index (χ4v) is 4.59. The van der Waals surface area contributed by atoms with Crippen molar-refractivity contribution in [1.29, 1.82) is 0 Å². The minimum Gasteiger partial charge on any atom is -0.443 e. The van der Waals surface area contributed by atoms with Crippen LogP contribution in [-0.4, -0.2) is 62.9 Å². The first-order valence-corrected chi connectivity index (χ1v) is 11.1. The number of epoxide rings is 2. The molecule has 0 aromatic carbocycles. The van der Waals surface area contributed by atoms with E-state index in [9.17, 15) is 4.79 Å². The minimum absolute atomic E-state index is 0.103. The van der Waals surface area contributed by atoms with E-state index in [1.54, 1.807) is 7.11 Å². The average molecular weight is 411 g/mol. The third-order valence-corrected chi connectivity index (χ3v) is 6.36. The fourth-order valence-electron chi connectivity index (χ4n) is 4.59. The van der Waals surface area contributed by atoms with Crippen molar-refractivity contribution in [2.45, 2.75) is 88.8 Å². The van der Waals surface area contributed by atoms with Crippen LogP contribution in [0, 0.1) is 5.92 Å². The molecule has 2 heterocycles. The predicted molar refractivity (Wildman–Crippen MR) is 111 cm³/mol. The molecule has 1 spiro atoms. The molecule has 0 bridgehead atoms. The SMILES string of the molecule is COC1C(OC(=O)NCCCCCCN)CC[C@]2(CO2)C1[C@H]1O[C@@H]1CC=C(C)C. The Bertz CT molecular complexity index is 574. The molecule has 0 radical (unpaired) electrons. The molecule has 1 aliphatic carbocycles. The van der Waals surface area contributed by atoms with Crippen molar-refractivity contribution in [1.82, 2.24) is 5.32 Å². The zero-order chi connectivity index (χ0) is 20.9. The molecule has 7 heteroatoms. The van der Waals surface area contributed by atoms with Gasteiger partial charge >= 0.3 is 6.09 Å². The molecule has 3 N–H and O–H groups in total. The number of methoxy groups -OCH3 is 1. The van der Waals surface area contributed by atoms with Gasteiger partial charge in [0, 0.05) is 19.6 Å². The Hall–Kier alpha value is -1.15. The molecule has 166 valence electrons. The Balaban J connectivity index is 1.50.